The molecule has 0 aromatic carbocycles. The highest BCUT2D eigenvalue weighted by molar-refractivity contribution is 5.90. The maximum Gasteiger partial charge on any atom is 0.164 e. The number of aromatic nitrogens is 5. The largest absolute Gasteiger partial charge is 0.376 e. The number of anilines is 1. The van der Waals surface area contributed by atoms with E-state index < -0.39 is 0 Å². The average molecular weight is 340 g/mol. The quantitative estimate of drug-likeness (QED) is 0.771. The number of pyridine rings is 1. The first-order chi connectivity index (χ1) is 12.2. The number of rotatable bonds is 4. The lowest BCUT2D eigenvalue weighted by Crippen LogP contribution is -2.34. The van der Waals surface area contributed by atoms with Crippen LogP contribution in [0.15, 0.2) is 24.5 Å². The van der Waals surface area contributed by atoms with Crippen molar-refractivity contribution >= 4 is 16.9 Å². The summed E-state index contributed by atoms with van der Waals surface area (Å²) in [6.45, 7) is 4.45. The zero-order valence-corrected chi connectivity index (χ0v) is 14.3. The van der Waals surface area contributed by atoms with Crippen LogP contribution in [0.5, 0.6) is 0 Å². The molecule has 1 saturated heterocycles. The van der Waals surface area contributed by atoms with E-state index in [-0.39, 0.29) is 6.10 Å². The van der Waals surface area contributed by atoms with Crippen LogP contribution in [0.2, 0.25) is 0 Å². The van der Waals surface area contributed by atoms with E-state index in [0.717, 1.165) is 28.1 Å². The van der Waals surface area contributed by atoms with Gasteiger partial charge in [0.1, 0.15) is 5.82 Å². The Morgan fingerprint density at radius 3 is 2.84 bits per heavy atom. The maximum absolute atomic E-state index is 5.70. The Hall–Kier alpha value is -2.58. The predicted molar refractivity (Wildman–Crippen MR) is 93.3 cm³/mol. The third-order valence-electron chi connectivity index (χ3n) is 4.18. The molecule has 8 nitrogen and oxygen atoms in total. The Labute approximate surface area is 145 Å². The van der Waals surface area contributed by atoms with Crippen LogP contribution in [0.4, 0.5) is 5.82 Å². The van der Waals surface area contributed by atoms with Gasteiger partial charge in [-0.1, -0.05) is 0 Å². The lowest BCUT2D eigenvalue weighted by molar-refractivity contribution is -0.0819. The van der Waals surface area contributed by atoms with Gasteiger partial charge in [0.2, 0.25) is 0 Å². The SMILES string of the molecule is Cc1nn(C)c2nc(-c3ccncc3)nc(NC[C@H]3COCCO3)c12. The van der Waals surface area contributed by atoms with Crippen LogP contribution in [0, 0.1) is 6.92 Å². The summed E-state index contributed by atoms with van der Waals surface area (Å²) in [7, 11) is 1.89. The van der Waals surface area contributed by atoms with E-state index in [1.165, 1.54) is 0 Å². The van der Waals surface area contributed by atoms with Crippen molar-refractivity contribution in [3.05, 3.63) is 30.2 Å². The molecule has 0 saturated carbocycles. The number of hydrogen-bond donors (Lipinski definition) is 1. The molecule has 1 fully saturated rings. The summed E-state index contributed by atoms with van der Waals surface area (Å²) in [5, 5.41) is 8.81. The summed E-state index contributed by atoms with van der Waals surface area (Å²) in [5.74, 6) is 1.40. The molecule has 0 aliphatic carbocycles. The van der Waals surface area contributed by atoms with Gasteiger partial charge in [-0.3, -0.25) is 9.67 Å². The Bertz CT molecular complexity index is 874. The second-order valence-corrected chi connectivity index (χ2v) is 5.99. The minimum absolute atomic E-state index is 0.0140. The molecule has 0 unspecified atom stereocenters. The molecule has 4 rings (SSSR count). The lowest BCUT2D eigenvalue weighted by atomic mass is 10.2. The van der Waals surface area contributed by atoms with Gasteiger partial charge in [0.05, 0.1) is 37.0 Å². The van der Waals surface area contributed by atoms with E-state index in [1.807, 2.05) is 26.1 Å². The van der Waals surface area contributed by atoms with Crippen LogP contribution in [0.3, 0.4) is 0 Å². The van der Waals surface area contributed by atoms with Crippen molar-refractivity contribution in [2.24, 2.45) is 7.05 Å². The van der Waals surface area contributed by atoms with Crippen LogP contribution < -0.4 is 5.32 Å². The van der Waals surface area contributed by atoms with Gasteiger partial charge in [-0.05, 0) is 19.1 Å². The number of hydrogen-bond acceptors (Lipinski definition) is 7. The summed E-state index contributed by atoms with van der Waals surface area (Å²) in [6, 6.07) is 3.79. The number of nitrogens with one attached hydrogen (secondary N) is 1. The third-order valence-corrected chi connectivity index (χ3v) is 4.18. The van der Waals surface area contributed by atoms with Crippen molar-refractivity contribution in [2.45, 2.75) is 13.0 Å². The first-order valence-corrected chi connectivity index (χ1v) is 8.27. The van der Waals surface area contributed by atoms with Crippen molar-refractivity contribution in [2.75, 3.05) is 31.7 Å². The lowest BCUT2D eigenvalue weighted by Gasteiger charge is -2.23. The minimum atomic E-state index is 0.0140. The molecule has 4 heterocycles. The molecule has 0 amide bonds. The smallest absolute Gasteiger partial charge is 0.164 e. The van der Waals surface area contributed by atoms with Crippen LogP contribution in [-0.2, 0) is 16.5 Å². The van der Waals surface area contributed by atoms with Crippen molar-refractivity contribution in [3.63, 3.8) is 0 Å². The topological polar surface area (TPSA) is 87.0 Å². The Morgan fingerprint density at radius 2 is 2.08 bits per heavy atom. The second kappa shape index (κ2) is 6.73. The van der Waals surface area contributed by atoms with Crippen molar-refractivity contribution in [1.29, 1.82) is 0 Å². The fraction of sp³-hybridized carbons (Fsp3) is 0.412. The molecule has 0 radical (unpaired) electrons. The van der Waals surface area contributed by atoms with E-state index >= 15 is 0 Å². The summed E-state index contributed by atoms with van der Waals surface area (Å²) in [5.41, 5.74) is 2.60. The fourth-order valence-corrected chi connectivity index (χ4v) is 2.96. The zero-order valence-electron chi connectivity index (χ0n) is 14.3. The second-order valence-electron chi connectivity index (χ2n) is 5.99. The first-order valence-electron chi connectivity index (χ1n) is 8.27. The highest BCUT2D eigenvalue weighted by Crippen LogP contribution is 2.27. The molecule has 0 spiro atoms. The van der Waals surface area contributed by atoms with Gasteiger partial charge >= 0.3 is 0 Å². The van der Waals surface area contributed by atoms with E-state index in [0.29, 0.717) is 32.2 Å². The minimum Gasteiger partial charge on any atom is -0.376 e. The Balaban J connectivity index is 1.72. The molecule has 130 valence electrons. The third kappa shape index (κ3) is 3.18. The van der Waals surface area contributed by atoms with E-state index in [2.05, 4.69) is 20.4 Å². The standard InChI is InChI=1S/C17H20N6O2/c1-11-14-16(19-9-13-10-24-7-8-25-13)20-15(12-3-5-18-6-4-12)21-17(14)23(2)22-11/h3-6,13H,7-10H2,1-2H3,(H,19,20,21)/t13-/m0/s1. The first kappa shape index (κ1) is 15.9. The molecule has 1 atom stereocenters. The van der Waals surface area contributed by atoms with Crippen molar-refractivity contribution in [3.8, 4) is 11.4 Å². The molecule has 25 heavy (non-hydrogen) atoms. The van der Waals surface area contributed by atoms with E-state index in [9.17, 15) is 0 Å². The van der Waals surface area contributed by atoms with Crippen LogP contribution in [0.25, 0.3) is 22.4 Å². The predicted octanol–water partition coefficient (Wildman–Crippen LogP) is 1.56. The van der Waals surface area contributed by atoms with Crippen molar-refractivity contribution in [1.82, 2.24) is 24.7 Å². The van der Waals surface area contributed by atoms with Gasteiger partial charge in [0.15, 0.2) is 11.5 Å². The highest BCUT2D eigenvalue weighted by atomic mass is 16.6. The number of nitrogens with zero attached hydrogens (tertiary/aromatic N) is 5. The number of aryl methyl sites for hydroxylation is 2. The summed E-state index contributed by atoms with van der Waals surface area (Å²) >= 11 is 0. The fourth-order valence-electron chi connectivity index (χ4n) is 2.96. The van der Waals surface area contributed by atoms with Crippen molar-refractivity contribution < 1.29 is 9.47 Å². The van der Waals surface area contributed by atoms with Crippen LogP contribution in [0.1, 0.15) is 5.69 Å². The van der Waals surface area contributed by atoms with Crippen LogP contribution in [-0.4, -0.2) is 57.2 Å². The summed E-state index contributed by atoms with van der Waals surface area (Å²) < 4.78 is 12.9. The molecule has 1 aliphatic heterocycles. The maximum atomic E-state index is 5.70. The number of fused-ring (bicyclic) bond motifs is 1. The van der Waals surface area contributed by atoms with Gasteiger partial charge in [-0.25, -0.2) is 9.97 Å². The molecular weight excluding hydrogens is 320 g/mol. The molecule has 1 aliphatic rings. The van der Waals surface area contributed by atoms with Gasteiger partial charge in [-0.15, -0.1) is 0 Å². The van der Waals surface area contributed by atoms with Gasteiger partial charge < -0.3 is 14.8 Å². The molecule has 3 aromatic rings. The van der Waals surface area contributed by atoms with Crippen LogP contribution >= 0.6 is 0 Å². The Morgan fingerprint density at radius 1 is 1.24 bits per heavy atom. The normalized spacial score (nSPS) is 17.8. The number of ether oxygens (including phenoxy) is 2. The summed E-state index contributed by atoms with van der Waals surface area (Å²) in [6.07, 6.45) is 3.48. The Kier molecular flexibility index (Phi) is 4.29. The highest BCUT2D eigenvalue weighted by Gasteiger charge is 2.19. The molecule has 3 aromatic heterocycles. The molecule has 0 bridgehead atoms. The molecular formula is C17H20N6O2. The summed E-state index contributed by atoms with van der Waals surface area (Å²) in [4.78, 5) is 13.5. The van der Waals surface area contributed by atoms with E-state index in [1.54, 1.807) is 17.1 Å². The monoisotopic (exact) mass is 340 g/mol. The van der Waals surface area contributed by atoms with Gasteiger partial charge in [0, 0.05) is 31.5 Å². The average Bonchev–Trinajstić information content (AvgIpc) is 2.95. The van der Waals surface area contributed by atoms with E-state index in [4.69, 9.17) is 14.5 Å². The molecule has 1 N–H and O–H groups in total. The molecule has 8 heteroatoms. The zero-order chi connectivity index (χ0) is 17.2. The van der Waals surface area contributed by atoms with Gasteiger partial charge in [0.25, 0.3) is 0 Å². The van der Waals surface area contributed by atoms with Gasteiger partial charge in [-0.2, -0.15) is 5.10 Å².